The van der Waals surface area contributed by atoms with Crippen molar-refractivity contribution in [1.82, 2.24) is 19.6 Å². The summed E-state index contributed by atoms with van der Waals surface area (Å²) in [5.41, 5.74) is 0. The van der Waals surface area contributed by atoms with Crippen LogP contribution < -0.4 is 0 Å². The van der Waals surface area contributed by atoms with Crippen molar-refractivity contribution in [2.24, 2.45) is 0 Å². The van der Waals surface area contributed by atoms with Gasteiger partial charge >= 0.3 is 0 Å². The number of likely N-dealkylation sites (tertiary alicyclic amines) is 2. The normalized spacial score (nSPS) is 24.7. The average Bonchev–Trinajstić information content (AvgIpc) is 3.18. The summed E-state index contributed by atoms with van der Waals surface area (Å²) < 4.78 is 5.90. The third kappa shape index (κ3) is 4.76. The fraction of sp³-hybridized carbons (Fsp3) is 0.762. The Balaban J connectivity index is 1.25. The van der Waals surface area contributed by atoms with E-state index in [4.69, 9.17) is 4.42 Å². The van der Waals surface area contributed by atoms with Gasteiger partial charge in [0.05, 0.1) is 12.6 Å². The van der Waals surface area contributed by atoms with E-state index in [0.29, 0.717) is 11.8 Å². The molecule has 3 aliphatic rings. The first-order chi connectivity index (χ1) is 13.6. The van der Waals surface area contributed by atoms with Crippen molar-refractivity contribution < 1.29 is 14.3 Å². The molecular formula is C21H34N4O3. The fourth-order valence-electron chi connectivity index (χ4n) is 4.65. The number of furan rings is 1. The van der Waals surface area contributed by atoms with Crippen LogP contribution in [0, 0.1) is 0 Å². The quantitative estimate of drug-likeness (QED) is 0.830. The monoisotopic (exact) mass is 390 g/mol. The summed E-state index contributed by atoms with van der Waals surface area (Å²) in [4.78, 5) is 22.0. The van der Waals surface area contributed by atoms with E-state index in [1.165, 1.54) is 0 Å². The number of nitrogens with zero attached hydrogens (tertiary/aromatic N) is 4. The molecule has 0 atom stereocenters. The summed E-state index contributed by atoms with van der Waals surface area (Å²) >= 11 is 0. The van der Waals surface area contributed by atoms with Crippen LogP contribution in [0.5, 0.6) is 0 Å². The molecule has 4 heterocycles. The smallest absolute Gasteiger partial charge is 0.289 e. The molecule has 1 aromatic rings. The first kappa shape index (κ1) is 19.9. The molecule has 1 aromatic heterocycles. The first-order valence-corrected chi connectivity index (χ1v) is 10.8. The standard InChI is InChI=1S/C21H34N4O3/c1-22-12-14-23(15-13-22)16-19-2-3-20(28-19)21(27)25-8-4-17(5-9-25)24-10-6-18(26)7-11-24/h2-3,17-18,26H,4-16H2,1H3. The van der Waals surface area contributed by atoms with Crippen molar-refractivity contribution in [3.05, 3.63) is 23.7 Å². The van der Waals surface area contributed by atoms with Crippen LogP contribution >= 0.6 is 0 Å². The number of piperazine rings is 1. The second-order valence-electron chi connectivity index (χ2n) is 8.64. The molecule has 0 spiro atoms. The maximum absolute atomic E-state index is 12.8. The van der Waals surface area contributed by atoms with Crippen molar-refractivity contribution in [1.29, 1.82) is 0 Å². The van der Waals surface area contributed by atoms with Crippen molar-refractivity contribution in [2.45, 2.75) is 44.4 Å². The molecule has 3 fully saturated rings. The Bertz CT molecular complexity index is 640. The number of piperidine rings is 2. The van der Waals surface area contributed by atoms with E-state index in [1.807, 2.05) is 17.0 Å². The zero-order valence-corrected chi connectivity index (χ0v) is 17.1. The van der Waals surface area contributed by atoms with Crippen LogP contribution in [0.2, 0.25) is 0 Å². The molecule has 3 saturated heterocycles. The van der Waals surface area contributed by atoms with Crippen LogP contribution in [0.1, 0.15) is 42.0 Å². The highest BCUT2D eigenvalue weighted by atomic mass is 16.4. The topological polar surface area (TPSA) is 63.4 Å². The minimum atomic E-state index is -0.128. The molecule has 1 N–H and O–H groups in total. The maximum atomic E-state index is 12.8. The van der Waals surface area contributed by atoms with Crippen LogP contribution in [0.4, 0.5) is 0 Å². The minimum absolute atomic E-state index is 0.0251. The van der Waals surface area contributed by atoms with Gasteiger partial charge in [-0.3, -0.25) is 9.69 Å². The molecule has 3 aliphatic heterocycles. The molecule has 7 heteroatoms. The molecule has 156 valence electrons. The minimum Gasteiger partial charge on any atom is -0.455 e. The van der Waals surface area contributed by atoms with Gasteiger partial charge in [0, 0.05) is 58.4 Å². The van der Waals surface area contributed by atoms with Crippen LogP contribution in [0.25, 0.3) is 0 Å². The first-order valence-electron chi connectivity index (χ1n) is 10.8. The molecule has 0 saturated carbocycles. The third-order valence-electron chi connectivity index (χ3n) is 6.61. The Hall–Kier alpha value is -1.41. The molecule has 0 unspecified atom stereocenters. The fourth-order valence-corrected chi connectivity index (χ4v) is 4.65. The van der Waals surface area contributed by atoms with Gasteiger partial charge in [0.2, 0.25) is 0 Å². The number of carbonyl (C=O) groups excluding carboxylic acids is 1. The molecular weight excluding hydrogens is 356 g/mol. The van der Waals surface area contributed by atoms with E-state index in [0.717, 1.165) is 90.3 Å². The average molecular weight is 391 g/mol. The second-order valence-corrected chi connectivity index (χ2v) is 8.64. The Morgan fingerprint density at radius 1 is 1.00 bits per heavy atom. The largest absolute Gasteiger partial charge is 0.455 e. The molecule has 7 nitrogen and oxygen atoms in total. The van der Waals surface area contributed by atoms with Crippen molar-refractivity contribution in [3.8, 4) is 0 Å². The molecule has 0 aromatic carbocycles. The number of aliphatic hydroxyl groups is 1. The Morgan fingerprint density at radius 3 is 2.36 bits per heavy atom. The number of carbonyl (C=O) groups is 1. The predicted octanol–water partition coefficient (Wildman–Crippen LogP) is 1.09. The highest BCUT2D eigenvalue weighted by Crippen LogP contribution is 2.23. The van der Waals surface area contributed by atoms with Gasteiger partial charge in [-0.25, -0.2) is 0 Å². The highest BCUT2D eigenvalue weighted by Gasteiger charge is 2.30. The summed E-state index contributed by atoms with van der Waals surface area (Å²) in [7, 11) is 2.15. The zero-order valence-electron chi connectivity index (χ0n) is 17.1. The van der Waals surface area contributed by atoms with Crippen LogP contribution in [0.15, 0.2) is 16.5 Å². The van der Waals surface area contributed by atoms with Crippen LogP contribution in [-0.2, 0) is 6.54 Å². The SMILES string of the molecule is CN1CCN(Cc2ccc(C(=O)N3CCC(N4CCC(O)CC4)CC3)o2)CC1. The molecule has 28 heavy (non-hydrogen) atoms. The summed E-state index contributed by atoms with van der Waals surface area (Å²) in [6.07, 6.45) is 3.65. The van der Waals surface area contributed by atoms with Gasteiger partial charge in [-0.05, 0) is 44.9 Å². The number of hydrogen-bond acceptors (Lipinski definition) is 6. The van der Waals surface area contributed by atoms with E-state index in [-0.39, 0.29) is 12.0 Å². The van der Waals surface area contributed by atoms with E-state index in [9.17, 15) is 9.90 Å². The van der Waals surface area contributed by atoms with E-state index in [1.54, 1.807) is 0 Å². The van der Waals surface area contributed by atoms with Crippen molar-refractivity contribution in [2.75, 3.05) is 59.4 Å². The van der Waals surface area contributed by atoms with E-state index >= 15 is 0 Å². The van der Waals surface area contributed by atoms with Crippen molar-refractivity contribution >= 4 is 5.91 Å². The number of amides is 1. The summed E-state index contributed by atoms with van der Waals surface area (Å²) in [5.74, 6) is 1.38. The van der Waals surface area contributed by atoms with Gasteiger partial charge in [-0.2, -0.15) is 0 Å². The summed E-state index contributed by atoms with van der Waals surface area (Å²) in [5, 5.41) is 9.69. The lowest BCUT2D eigenvalue weighted by atomic mass is 9.99. The molecule has 1 amide bonds. The van der Waals surface area contributed by atoms with Crippen LogP contribution in [-0.4, -0.2) is 102 Å². The van der Waals surface area contributed by atoms with E-state index in [2.05, 4.69) is 21.7 Å². The number of aliphatic hydroxyl groups excluding tert-OH is 1. The van der Waals surface area contributed by atoms with Gasteiger partial charge in [-0.1, -0.05) is 0 Å². The predicted molar refractivity (Wildman–Crippen MR) is 107 cm³/mol. The number of likely N-dealkylation sites (N-methyl/N-ethyl adjacent to an activating group) is 1. The zero-order chi connectivity index (χ0) is 19.5. The van der Waals surface area contributed by atoms with Crippen molar-refractivity contribution in [3.63, 3.8) is 0 Å². The highest BCUT2D eigenvalue weighted by molar-refractivity contribution is 5.91. The molecule has 0 bridgehead atoms. The van der Waals surface area contributed by atoms with Gasteiger partial charge in [0.25, 0.3) is 5.91 Å². The lowest BCUT2D eigenvalue weighted by Gasteiger charge is -2.40. The molecule has 0 radical (unpaired) electrons. The second kappa shape index (κ2) is 8.95. The van der Waals surface area contributed by atoms with Gasteiger partial charge in [-0.15, -0.1) is 0 Å². The molecule has 4 rings (SSSR count). The van der Waals surface area contributed by atoms with Gasteiger partial charge in [0.15, 0.2) is 5.76 Å². The van der Waals surface area contributed by atoms with Gasteiger partial charge in [0.1, 0.15) is 5.76 Å². The van der Waals surface area contributed by atoms with Gasteiger partial charge < -0.3 is 24.2 Å². The number of rotatable bonds is 4. The summed E-state index contributed by atoms with van der Waals surface area (Å²) in [6, 6.07) is 4.34. The van der Waals surface area contributed by atoms with Crippen LogP contribution in [0.3, 0.4) is 0 Å². The lowest BCUT2D eigenvalue weighted by Crippen LogP contribution is -2.49. The lowest BCUT2D eigenvalue weighted by molar-refractivity contribution is 0.0345. The van der Waals surface area contributed by atoms with E-state index < -0.39 is 0 Å². The molecule has 0 aliphatic carbocycles. The maximum Gasteiger partial charge on any atom is 0.289 e. The number of hydrogen-bond donors (Lipinski definition) is 1. The Kier molecular flexibility index (Phi) is 6.35. The summed E-state index contributed by atoms with van der Waals surface area (Å²) in [6.45, 7) is 8.57. The Labute approximate surface area is 167 Å². The third-order valence-corrected chi connectivity index (χ3v) is 6.61. The Morgan fingerprint density at radius 2 is 1.68 bits per heavy atom.